The Kier molecular flexibility index (Phi) is 4.31. The van der Waals surface area contributed by atoms with Crippen molar-refractivity contribution in [2.75, 3.05) is 5.32 Å². The number of anilines is 1. The molecule has 0 saturated carbocycles. The van der Waals surface area contributed by atoms with E-state index in [1.165, 1.54) is 21.8 Å². The predicted molar refractivity (Wildman–Crippen MR) is 80.4 cm³/mol. The van der Waals surface area contributed by atoms with Crippen molar-refractivity contribution < 1.29 is 4.79 Å². The number of rotatable bonds is 4. The van der Waals surface area contributed by atoms with E-state index in [-0.39, 0.29) is 5.91 Å². The molecule has 0 atom stereocenters. The van der Waals surface area contributed by atoms with Gasteiger partial charge >= 0.3 is 0 Å². The van der Waals surface area contributed by atoms with E-state index in [1.807, 2.05) is 13.0 Å². The molecule has 0 saturated heterocycles. The smallest absolute Gasteiger partial charge is 0.267 e. The van der Waals surface area contributed by atoms with Crippen LogP contribution in [-0.4, -0.2) is 16.1 Å². The fraction of sp³-hybridized carbons (Fsp3) is 0.462. The van der Waals surface area contributed by atoms with Gasteiger partial charge in [-0.25, -0.2) is 0 Å². The highest BCUT2D eigenvalue weighted by Crippen LogP contribution is 2.25. The molecule has 0 fully saturated rings. The van der Waals surface area contributed by atoms with Crippen LogP contribution < -0.4 is 5.32 Å². The van der Waals surface area contributed by atoms with Crippen LogP contribution in [0.3, 0.4) is 0 Å². The summed E-state index contributed by atoms with van der Waals surface area (Å²) in [6, 6.07) is 1.93. The van der Waals surface area contributed by atoms with Gasteiger partial charge in [-0.2, -0.15) is 0 Å². The third kappa shape index (κ3) is 3.19. The van der Waals surface area contributed by atoms with Crippen LogP contribution in [0.2, 0.25) is 0 Å². The number of amides is 1. The van der Waals surface area contributed by atoms with Gasteiger partial charge in [0.15, 0.2) is 0 Å². The summed E-state index contributed by atoms with van der Waals surface area (Å²) >= 11 is 2.98. The van der Waals surface area contributed by atoms with Gasteiger partial charge < -0.3 is 0 Å². The van der Waals surface area contributed by atoms with Crippen LogP contribution in [0.25, 0.3) is 0 Å². The van der Waals surface area contributed by atoms with Gasteiger partial charge in [-0.1, -0.05) is 32.1 Å². The SMILES string of the molecule is CCc1sc(C(=O)Nc2nnc(C(C)C)s2)cc1C. The standard InChI is InChI=1S/C13H17N3OS2/c1-5-9-8(4)6-10(18-9)11(17)14-13-16-15-12(19-13)7(2)3/h6-7H,5H2,1-4H3,(H,14,16,17). The zero-order valence-electron chi connectivity index (χ0n) is 11.5. The molecule has 2 heterocycles. The fourth-order valence-electron chi connectivity index (χ4n) is 1.66. The molecule has 0 aliphatic heterocycles. The van der Waals surface area contributed by atoms with Gasteiger partial charge in [0, 0.05) is 10.8 Å². The number of hydrogen-bond donors (Lipinski definition) is 1. The molecule has 0 aromatic carbocycles. The van der Waals surface area contributed by atoms with Gasteiger partial charge in [-0.15, -0.1) is 21.5 Å². The van der Waals surface area contributed by atoms with Crippen LogP contribution in [0.15, 0.2) is 6.07 Å². The molecular formula is C13H17N3OS2. The maximum absolute atomic E-state index is 12.1. The van der Waals surface area contributed by atoms with Crippen LogP contribution in [0, 0.1) is 6.92 Å². The second-order valence-electron chi connectivity index (χ2n) is 4.62. The lowest BCUT2D eigenvalue weighted by atomic mass is 10.2. The van der Waals surface area contributed by atoms with E-state index in [9.17, 15) is 4.79 Å². The average molecular weight is 295 g/mol. The summed E-state index contributed by atoms with van der Waals surface area (Å²) in [4.78, 5) is 14.1. The van der Waals surface area contributed by atoms with E-state index in [0.29, 0.717) is 11.0 Å². The predicted octanol–water partition coefficient (Wildman–Crippen LogP) is 3.85. The van der Waals surface area contributed by atoms with Crippen molar-refractivity contribution in [3.63, 3.8) is 0 Å². The number of thiophene rings is 1. The largest absolute Gasteiger partial charge is 0.296 e. The summed E-state index contributed by atoms with van der Waals surface area (Å²) in [5.41, 5.74) is 1.18. The number of nitrogens with one attached hydrogen (secondary N) is 1. The molecule has 1 amide bonds. The Hall–Kier alpha value is -1.27. The minimum atomic E-state index is -0.0979. The van der Waals surface area contributed by atoms with E-state index in [2.05, 4.69) is 36.3 Å². The van der Waals surface area contributed by atoms with Gasteiger partial charge in [0.25, 0.3) is 5.91 Å². The summed E-state index contributed by atoms with van der Waals surface area (Å²) in [6.07, 6.45) is 0.958. The second-order valence-corrected chi connectivity index (χ2v) is 6.77. The van der Waals surface area contributed by atoms with Gasteiger partial charge in [0.2, 0.25) is 5.13 Å². The lowest BCUT2D eigenvalue weighted by molar-refractivity contribution is 0.103. The molecule has 2 aromatic rings. The van der Waals surface area contributed by atoms with Crippen molar-refractivity contribution in [3.8, 4) is 0 Å². The van der Waals surface area contributed by atoms with E-state index in [0.717, 1.165) is 16.3 Å². The zero-order chi connectivity index (χ0) is 14.0. The molecule has 2 aromatic heterocycles. The van der Waals surface area contributed by atoms with Gasteiger partial charge in [0.05, 0.1) is 4.88 Å². The molecule has 0 bridgehead atoms. The summed E-state index contributed by atoms with van der Waals surface area (Å²) < 4.78 is 0. The lowest BCUT2D eigenvalue weighted by Crippen LogP contribution is -2.09. The van der Waals surface area contributed by atoms with Crippen molar-refractivity contribution >= 4 is 33.7 Å². The minimum Gasteiger partial charge on any atom is -0.296 e. The van der Waals surface area contributed by atoms with E-state index < -0.39 is 0 Å². The lowest BCUT2D eigenvalue weighted by Gasteiger charge is -1.97. The van der Waals surface area contributed by atoms with Crippen molar-refractivity contribution in [1.82, 2.24) is 10.2 Å². The zero-order valence-corrected chi connectivity index (χ0v) is 13.1. The summed E-state index contributed by atoms with van der Waals surface area (Å²) in [5.74, 6) is 0.234. The number of aromatic nitrogens is 2. The molecular weight excluding hydrogens is 278 g/mol. The van der Waals surface area contributed by atoms with Crippen LogP contribution in [0.4, 0.5) is 5.13 Å². The number of hydrogen-bond acceptors (Lipinski definition) is 5. The first kappa shape index (κ1) is 14.1. The van der Waals surface area contributed by atoms with Gasteiger partial charge in [0.1, 0.15) is 5.01 Å². The van der Waals surface area contributed by atoms with Crippen LogP contribution in [-0.2, 0) is 6.42 Å². The molecule has 2 rings (SSSR count). The maximum Gasteiger partial charge on any atom is 0.267 e. The van der Waals surface area contributed by atoms with Gasteiger partial charge in [-0.3, -0.25) is 10.1 Å². The van der Waals surface area contributed by atoms with E-state index >= 15 is 0 Å². The van der Waals surface area contributed by atoms with Crippen molar-refractivity contribution in [3.05, 3.63) is 26.4 Å². The van der Waals surface area contributed by atoms with Crippen LogP contribution >= 0.6 is 22.7 Å². The Morgan fingerprint density at radius 3 is 2.63 bits per heavy atom. The first-order chi connectivity index (χ1) is 9.01. The van der Waals surface area contributed by atoms with Crippen molar-refractivity contribution in [2.24, 2.45) is 0 Å². The molecule has 0 spiro atoms. The quantitative estimate of drug-likeness (QED) is 0.932. The van der Waals surface area contributed by atoms with E-state index in [1.54, 1.807) is 11.3 Å². The summed E-state index contributed by atoms with van der Waals surface area (Å²) in [6.45, 7) is 8.25. The van der Waals surface area contributed by atoms with Crippen molar-refractivity contribution in [2.45, 2.75) is 40.0 Å². The Bertz CT molecular complexity index is 586. The Balaban J connectivity index is 2.11. The first-order valence-electron chi connectivity index (χ1n) is 6.25. The summed E-state index contributed by atoms with van der Waals surface area (Å²) in [5, 5.41) is 12.4. The van der Waals surface area contributed by atoms with Crippen LogP contribution in [0.5, 0.6) is 0 Å². The molecule has 0 radical (unpaired) electrons. The highest BCUT2D eigenvalue weighted by Gasteiger charge is 2.14. The van der Waals surface area contributed by atoms with E-state index in [4.69, 9.17) is 0 Å². The number of nitrogens with zero attached hydrogens (tertiary/aromatic N) is 2. The molecule has 0 unspecified atom stereocenters. The first-order valence-corrected chi connectivity index (χ1v) is 7.88. The fourth-order valence-corrected chi connectivity index (χ4v) is 3.41. The molecule has 0 aliphatic carbocycles. The monoisotopic (exact) mass is 295 g/mol. The average Bonchev–Trinajstić information content (AvgIpc) is 2.95. The van der Waals surface area contributed by atoms with Crippen molar-refractivity contribution in [1.29, 1.82) is 0 Å². The molecule has 0 aliphatic rings. The maximum atomic E-state index is 12.1. The molecule has 1 N–H and O–H groups in total. The highest BCUT2D eigenvalue weighted by atomic mass is 32.1. The number of carbonyl (C=O) groups is 1. The highest BCUT2D eigenvalue weighted by molar-refractivity contribution is 7.16. The normalized spacial score (nSPS) is 11.0. The second kappa shape index (κ2) is 5.79. The Labute approximate surface area is 120 Å². The topological polar surface area (TPSA) is 54.9 Å². The molecule has 4 nitrogen and oxygen atoms in total. The Morgan fingerprint density at radius 1 is 1.37 bits per heavy atom. The molecule has 19 heavy (non-hydrogen) atoms. The molecule has 102 valence electrons. The number of aryl methyl sites for hydroxylation is 2. The van der Waals surface area contributed by atoms with Gasteiger partial charge in [-0.05, 0) is 25.0 Å². The van der Waals surface area contributed by atoms with Crippen LogP contribution in [0.1, 0.15) is 51.8 Å². The third-order valence-electron chi connectivity index (χ3n) is 2.72. The molecule has 6 heteroatoms. The summed E-state index contributed by atoms with van der Waals surface area (Å²) in [7, 11) is 0. The number of carbonyl (C=O) groups excluding carboxylic acids is 1. The minimum absolute atomic E-state index is 0.0979. The third-order valence-corrected chi connectivity index (χ3v) is 5.24. The Morgan fingerprint density at radius 2 is 2.11 bits per heavy atom.